The van der Waals surface area contributed by atoms with Gasteiger partial charge < -0.3 is 4.74 Å². The van der Waals surface area contributed by atoms with E-state index in [1.165, 1.54) is 6.42 Å². The largest absolute Gasteiger partial charge is 0.380 e. The zero-order valence-electron chi connectivity index (χ0n) is 13.0. The highest BCUT2D eigenvalue weighted by Gasteiger charge is 2.68. The predicted octanol–water partition coefficient (Wildman–Crippen LogP) is 3.22. The van der Waals surface area contributed by atoms with E-state index in [2.05, 4.69) is 39.0 Å². The zero-order valence-corrected chi connectivity index (χ0v) is 13.8. The number of nitrogens with zero attached hydrogens (tertiary/aromatic N) is 1. The predicted molar refractivity (Wildman–Crippen MR) is 80.7 cm³/mol. The van der Waals surface area contributed by atoms with Gasteiger partial charge in [0.15, 0.2) is 0 Å². The van der Waals surface area contributed by atoms with E-state index < -0.39 is 11.0 Å². The van der Waals surface area contributed by atoms with E-state index in [1.54, 1.807) is 7.11 Å². The van der Waals surface area contributed by atoms with Gasteiger partial charge in [-0.2, -0.15) is 4.40 Å². The van der Waals surface area contributed by atoms with Crippen molar-refractivity contribution in [1.29, 1.82) is 0 Å². The zero-order chi connectivity index (χ0) is 14.4. The molecule has 4 heteroatoms. The van der Waals surface area contributed by atoms with Crippen LogP contribution in [0.25, 0.3) is 0 Å². The molecule has 0 aromatic carbocycles. The van der Waals surface area contributed by atoms with Crippen molar-refractivity contribution in [3.05, 3.63) is 0 Å². The Morgan fingerprint density at radius 3 is 2.53 bits per heavy atom. The highest BCUT2D eigenvalue weighted by molar-refractivity contribution is 7.84. The lowest BCUT2D eigenvalue weighted by Gasteiger charge is -2.38. The highest BCUT2D eigenvalue weighted by atomic mass is 32.2. The lowest BCUT2D eigenvalue weighted by Crippen LogP contribution is -2.42. The maximum absolute atomic E-state index is 12.6. The van der Waals surface area contributed by atoms with Crippen LogP contribution in [0.2, 0.25) is 0 Å². The van der Waals surface area contributed by atoms with Crippen LogP contribution in [0.1, 0.15) is 47.5 Å². The molecule has 2 rings (SSSR count). The summed E-state index contributed by atoms with van der Waals surface area (Å²) in [6, 6.07) is 0. The van der Waals surface area contributed by atoms with Crippen molar-refractivity contribution in [3.63, 3.8) is 0 Å². The molecule has 0 aromatic heterocycles. The van der Waals surface area contributed by atoms with Crippen LogP contribution in [0.4, 0.5) is 0 Å². The molecule has 0 spiro atoms. The standard InChI is InChI=1S/C15H27NO2S/c1-10(2)9-16-19(17)12-11-7-8-15(5,13(12)18-6)14(11,3)4/h9-13H,7-8H2,1-6H3/b16-9+/t11-,12-,13-,15+,19+/m1/s1. The van der Waals surface area contributed by atoms with Gasteiger partial charge in [-0.1, -0.05) is 34.6 Å². The Hall–Kier alpha value is -0.220. The second-order valence-electron chi connectivity index (χ2n) is 7.18. The fourth-order valence-corrected chi connectivity index (χ4v) is 6.00. The molecule has 0 heterocycles. The molecule has 0 N–H and O–H groups in total. The maximum atomic E-state index is 12.6. The minimum absolute atomic E-state index is 0.0498. The summed E-state index contributed by atoms with van der Waals surface area (Å²) in [4.78, 5) is 0. The van der Waals surface area contributed by atoms with Crippen molar-refractivity contribution in [2.75, 3.05) is 7.11 Å². The summed E-state index contributed by atoms with van der Waals surface area (Å²) in [5.41, 5.74) is 0.307. The van der Waals surface area contributed by atoms with Gasteiger partial charge in [0.2, 0.25) is 0 Å². The Bertz CT molecular complexity index is 405. The van der Waals surface area contributed by atoms with Gasteiger partial charge in [0.1, 0.15) is 11.0 Å². The summed E-state index contributed by atoms with van der Waals surface area (Å²) in [6.45, 7) is 11.0. The summed E-state index contributed by atoms with van der Waals surface area (Å²) in [5.74, 6) is 0.791. The van der Waals surface area contributed by atoms with Crippen LogP contribution in [0.15, 0.2) is 4.40 Å². The fraction of sp³-hybridized carbons (Fsp3) is 0.933. The van der Waals surface area contributed by atoms with Crippen molar-refractivity contribution < 1.29 is 8.95 Å². The molecular formula is C15H27NO2S. The Morgan fingerprint density at radius 1 is 1.37 bits per heavy atom. The first-order valence-corrected chi connectivity index (χ1v) is 8.40. The normalized spacial score (nSPS) is 42.4. The first-order valence-electron chi connectivity index (χ1n) is 7.23. The molecule has 2 aliphatic rings. The number of methoxy groups -OCH3 is 1. The van der Waals surface area contributed by atoms with E-state index in [0.717, 1.165) is 6.42 Å². The number of fused-ring (bicyclic) bond motifs is 2. The molecule has 0 aliphatic heterocycles. The first-order chi connectivity index (χ1) is 8.75. The van der Waals surface area contributed by atoms with E-state index in [1.807, 2.05) is 6.21 Å². The molecule has 5 atom stereocenters. The lowest BCUT2D eigenvalue weighted by atomic mass is 9.70. The summed E-state index contributed by atoms with van der Waals surface area (Å²) in [6.07, 6.45) is 4.19. The minimum atomic E-state index is -1.17. The van der Waals surface area contributed by atoms with Crippen LogP contribution in [0.5, 0.6) is 0 Å². The molecule has 2 saturated carbocycles. The van der Waals surface area contributed by atoms with E-state index >= 15 is 0 Å². The van der Waals surface area contributed by atoms with Crippen LogP contribution >= 0.6 is 0 Å². The average Bonchev–Trinajstić information content (AvgIpc) is 2.65. The molecule has 0 unspecified atom stereocenters. The molecule has 2 bridgehead atoms. The van der Waals surface area contributed by atoms with Gasteiger partial charge in [0.05, 0.1) is 11.4 Å². The molecule has 0 saturated heterocycles. The van der Waals surface area contributed by atoms with Crippen molar-refractivity contribution in [1.82, 2.24) is 0 Å². The van der Waals surface area contributed by atoms with Crippen molar-refractivity contribution in [2.45, 2.75) is 58.8 Å². The molecular weight excluding hydrogens is 258 g/mol. The average molecular weight is 285 g/mol. The summed E-state index contributed by atoms with van der Waals surface area (Å²) < 4.78 is 22.6. The van der Waals surface area contributed by atoms with Crippen molar-refractivity contribution >= 4 is 17.2 Å². The summed E-state index contributed by atoms with van der Waals surface area (Å²) in [5, 5.41) is 0.0498. The van der Waals surface area contributed by atoms with Crippen LogP contribution in [-0.2, 0) is 15.7 Å². The smallest absolute Gasteiger partial charge is 0.145 e. The van der Waals surface area contributed by atoms with Crippen LogP contribution in [0.3, 0.4) is 0 Å². The lowest BCUT2D eigenvalue weighted by molar-refractivity contribution is -0.0181. The van der Waals surface area contributed by atoms with Crippen LogP contribution in [0, 0.1) is 22.7 Å². The van der Waals surface area contributed by atoms with Gasteiger partial charge in [-0.25, -0.2) is 4.21 Å². The fourth-order valence-electron chi connectivity index (χ4n) is 4.11. The number of ether oxygens (including phenoxy) is 1. The summed E-state index contributed by atoms with van der Waals surface area (Å²) in [7, 11) is 0.580. The molecule has 0 radical (unpaired) electrons. The molecule has 2 aliphatic carbocycles. The molecule has 2 fully saturated rings. The Labute approximate surface area is 119 Å². The van der Waals surface area contributed by atoms with E-state index in [4.69, 9.17) is 4.74 Å². The van der Waals surface area contributed by atoms with Crippen LogP contribution in [-0.4, -0.2) is 28.9 Å². The van der Waals surface area contributed by atoms with Gasteiger partial charge in [0, 0.05) is 18.7 Å². The third-order valence-electron chi connectivity index (χ3n) is 5.65. The highest BCUT2D eigenvalue weighted by Crippen LogP contribution is 2.67. The topological polar surface area (TPSA) is 38.7 Å². The monoisotopic (exact) mass is 285 g/mol. The van der Waals surface area contributed by atoms with E-state index in [9.17, 15) is 4.21 Å². The number of rotatable bonds is 4. The SMILES string of the molecule is CO[C@@H]1[C@H]([S@](=O)/N=C/C(C)C)[C@H]2CC[C@]1(C)C2(C)C. The third kappa shape index (κ3) is 2.11. The second-order valence-corrected chi connectivity index (χ2v) is 8.49. The molecule has 3 nitrogen and oxygen atoms in total. The number of hydrogen-bond donors (Lipinski definition) is 0. The van der Waals surface area contributed by atoms with Gasteiger partial charge in [-0.3, -0.25) is 0 Å². The van der Waals surface area contributed by atoms with Gasteiger partial charge in [-0.05, 0) is 30.1 Å². The minimum Gasteiger partial charge on any atom is -0.380 e. The van der Waals surface area contributed by atoms with Gasteiger partial charge >= 0.3 is 0 Å². The van der Waals surface area contributed by atoms with Crippen molar-refractivity contribution in [2.24, 2.45) is 27.1 Å². The Morgan fingerprint density at radius 2 is 2.00 bits per heavy atom. The van der Waals surface area contributed by atoms with Crippen molar-refractivity contribution in [3.8, 4) is 0 Å². The summed E-state index contributed by atoms with van der Waals surface area (Å²) >= 11 is 0. The molecule has 19 heavy (non-hydrogen) atoms. The van der Waals surface area contributed by atoms with Gasteiger partial charge in [-0.15, -0.1) is 0 Å². The Kier molecular flexibility index (Phi) is 3.96. The van der Waals surface area contributed by atoms with Crippen LogP contribution < -0.4 is 0 Å². The van der Waals surface area contributed by atoms with E-state index in [0.29, 0.717) is 11.8 Å². The molecule has 110 valence electrons. The third-order valence-corrected chi connectivity index (χ3v) is 7.02. The second kappa shape index (κ2) is 4.96. The quantitative estimate of drug-likeness (QED) is 0.744. The van der Waals surface area contributed by atoms with E-state index in [-0.39, 0.29) is 22.2 Å². The maximum Gasteiger partial charge on any atom is 0.145 e. The molecule has 0 amide bonds. The number of hydrogen-bond acceptors (Lipinski definition) is 2. The van der Waals surface area contributed by atoms with Gasteiger partial charge in [0.25, 0.3) is 0 Å². The molecule has 0 aromatic rings. The Balaban J connectivity index is 2.30. The first kappa shape index (κ1) is 15.2.